The molecule has 2 aromatic rings. The molecule has 1 N–H and O–H groups in total. The molecule has 1 atom stereocenters. The van der Waals surface area contributed by atoms with Crippen LogP contribution in [0, 0.1) is 5.41 Å². The molecule has 0 unspecified atom stereocenters. The number of ether oxygens (including phenoxy) is 1. The van der Waals surface area contributed by atoms with E-state index in [9.17, 15) is 4.79 Å². The van der Waals surface area contributed by atoms with Crippen molar-refractivity contribution in [3.8, 4) is 5.75 Å². The number of halogens is 1. The van der Waals surface area contributed by atoms with Gasteiger partial charge in [-0.15, -0.1) is 0 Å². The smallest absolute Gasteiger partial charge is 0.231 e. The first kappa shape index (κ1) is 20.4. The van der Waals surface area contributed by atoms with Crippen molar-refractivity contribution in [2.24, 2.45) is 0 Å². The van der Waals surface area contributed by atoms with E-state index in [4.69, 9.17) is 10.1 Å². The lowest BCUT2D eigenvalue weighted by molar-refractivity contribution is -0.132. The van der Waals surface area contributed by atoms with Crippen molar-refractivity contribution >= 4 is 27.8 Å². The number of hydrogen-bond donors (Lipinski definition) is 1. The number of rotatable bonds is 6. The summed E-state index contributed by atoms with van der Waals surface area (Å²) in [6.07, 6.45) is 2.04. The van der Waals surface area contributed by atoms with Gasteiger partial charge in [-0.1, -0.05) is 40.2 Å². The van der Waals surface area contributed by atoms with Crippen LogP contribution in [0.2, 0.25) is 0 Å². The van der Waals surface area contributed by atoms with Crippen molar-refractivity contribution in [1.29, 1.82) is 5.41 Å². The van der Waals surface area contributed by atoms with Crippen LogP contribution in [0.5, 0.6) is 5.75 Å². The fourth-order valence-corrected chi connectivity index (χ4v) is 4.05. The maximum atomic E-state index is 12.5. The van der Waals surface area contributed by atoms with E-state index in [0.29, 0.717) is 13.0 Å². The highest BCUT2D eigenvalue weighted by Gasteiger charge is 2.42. The van der Waals surface area contributed by atoms with Crippen molar-refractivity contribution < 1.29 is 9.53 Å². The van der Waals surface area contributed by atoms with Crippen molar-refractivity contribution in [1.82, 2.24) is 9.80 Å². The highest BCUT2D eigenvalue weighted by molar-refractivity contribution is 9.10. The molecule has 5 nitrogen and oxygen atoms in total. The van der Waals surface area contributed by atoms with Crippen LogP contribution in [0.1, 0.15) is 30.9 Å². The van der Waals surface area contributed by atoms with Gasteiger partial charge in [0.2, 0.25) is 11.9 Å². The molecule has 1 aliphatic rings. The van der Waals surface area contributed by atoms with Crippen LogP contribution < -0.4 is 4.74 Å². The van der Waals surface area contributed by atoms with E-state index in [0.717, 1.165) is 28.6 Å². The minimum Gasteiger partial charge on any atom is -0.497 e. The van der Waals surface area contributed by atoms with Crippen LogP contribution in [-0.4, -0.2) is 41.4 Å². The number of carbonyl (C=O) groups is 1. The molecule has 0 spiro atoms. The topological polar surface area (TPSA) is 56.6 Å². The molecule has 6 heteroatoms. The summed E-state index contributed by atoms with van der Waals surface area (Å²) in [4.78, 5) is 16.0. The molecule has 1 saturated heterocycles. The van der Waals surface area contributed by atoms with E-state index in [1.807, 2.05) is 41.3 Å². The predicted molar refractivity (Wildman–Crippen MR) is 115 cm³/mol. The van der Waals surface area contributed by atoms with Gasteiger partial charge in [-0.25, -0.2) is 0 Å². The van der Waals surface area contributed by atoms with Crippen molar-refractivity contribution in [3.63, 3.8) is 0 Å². The molecular formula is C22H26BrN3O2. The molecule has 1 fully saturated rings. The van der Waals surface area contributed by atoms with E-state index < -0.39 is 5.54 Å². The Hall–Kier alpha value is -2.34. The number of amides is 1. The number of hydrogen-bond acceptors (Lipinski definition) is 3. The Morgan fingerprint density at radius 3 is 2.54 bits per heavy atom. The minimum absolute atomic E-state index is 0.00674. The van der Waals surface area contributed by atoms with Gasteiger partial charge in [-0.3, -0.25) is 15.1 Å². The summed E-state index contributed by atoms with van der Waals surface area (Å²) in [6, 6.07) is 16.1. The maximum Gasteiger partial charge on any atom is 0.231 e. The average Bonchev–Trinajstić information content (AvgIpc) is 2.69. The van der Waals surface area contributed by atoms with Crippen LogP contribution in [-0.2, 0) is 17.8 Å². The number of carbonyl (C=O) groups excluding carboxylic acids is 1. The molecule has 28 heavy (non-hydrogen) atoms. The zero-order chi connectivity index (χ0) is 20.3. The molecule has 0 aromatic heterocycles. The zero-order valence-corrected chi connectivity index (χ0v) is 18.1. The normalized spacial score (nSPS) is 19.9. The first-order valence-electron chi connectivity index (χ1n) is 9.32. The quantitative estimate of drug-likeness (QED) is 0.717. The number of nitrogens with one attached hydrogen (secondary N) is 1. The van der Waals surface area contributed by atoms with Gasteiger partial charge in [0.05, 0.1) is 13.5 Å². The predicted octanol–water partition coefficient (Wildman–Crippen LogP) is 4.45. The molecule has 2 aromatic carbocycles. The maximum absolute atomic E-state index is 12.5. The van der Waals surface area contributed by atoms with Crippen LogP contribution in [0.25, 0.3) is 0 Å². The van der Waals surface area contributed by atoms with E-state index in [2.05, 4.69) is 35.0 Å². The number of aryl methyl sites for hydroxylation is 1. The summed E-state index contributed by atoms with van der Waals surface area (Å²) in [5, 5.41) is 8.58. The SMILES string of the molecule is COc1ccc(CN2C(=N)N(C)C(=O)C[C@@]2(C)CCc2cccc(Br)c2)cc1. The van der Waals surface area contributed by atoms with Gasteiger partial charge in [0.25, 0.3) is 0 Å². The van der Waals surface area contributed by atoms with Crippen molar-refractivity contribution in [2.45, 2.75) is 38.3 Å². The third-order valence-corrected chi connectivity index (χ3v) is 5.97. The number of nitrogens with zero attached hydrogens (tertiary/aromatic N) is 2. The molecule has 0 aliphatic carbocycles. The van der Waals surface area contributed by atoms with Gasteiger partial charge < -0.3 is 9.64 Å². The molecule has 0 bridgehead atoms. The Kier molecular flexibility index (Phi) is 6.08. The fourth-order valence-electron chi connectivity index (χ4n) is 3.60. The second kappa shape index (κ2) is 8.35. The lowest BCUT2D eigenvalue weighted by Crippen LogP contribution is -2.61. The second-order valence-corrected chi connectivity index (χ2v) is 8.43. The van der Waals surface area contributed by atoms with E-state index >= 15 is 0 Å². The standard InChI is InChI=1S/C22H26BrN3O2/c1-22(12-11-16-5-4-6-18(23)13-16)14-20(27)25(2)21(24)26(22)15-17-7-9-19(28-3)10-8-17/h4-10,13,24H,11-12,14-15H2,1-3H3/t22-/m1/s1. The Morgan fingerprint density at radius 2 is 1.89 bits per heavy atom. The second-order valence-electron chi connectivity index (χ2n) is 7.51. The van der Waals surface area contributed by atoms with Crippen LogP contribution >= 0.6 is 15.9 Å². The molecule has 1 aliphatic heterocycles. The average molecular weight is 444 g/mol. The lowest BCUT2D eigenvalue weighted by Gasteiger charge is -2.48. The first-order valence-corrected chi connectivity index (χ1v) is 10.1. The summed E-state index contributed by atoms with van der Waals surface area (Å²) in [5.74, 6) is 1.05. The third-order valence-electron chi connectivity index (χ3n) is 5.47. The van der Waals surface area contributed by atoms with E-state index in [1.54, 1.807) is 14.2 Å². The highest BCUT2D eigenvalue weighted by Crippen LogP contribution is 2.33. The molecule has 0 saturated carbocycles. The number of benzene rings is 2. The molecule has 1 heterocycles. The van der Waals surface area contributed by atoms with E-state index in [1.165, 1.54) is 10.5 Å². The van der Waals surface area contributed by atoms with Crippen LogP contribution in [0.3, 0.4) is 0 Å². The third kappa shape index (κ3) is 4.38. The summed E-state index contributed by atoms with van der Waals surface area (Å²) in [6.45, 7) is 2.67. The Bertz CT molecular complexity index is 868. The van der Waals surface area contributed by atoms with Gasteiger partial charge in [-0.05, 0) is 55.2 Å². The molecule has 3 rings (SSSR count). The summed E-state index contributed by atoms with van der Waals surface area (Å²) in [7, 11) is 3.33. The molecule has 1 amide bonds. The molecular weight excluding hydrogens is 418 g/mol. The molecule has 0 radical (unpaired) electrons. The Labute approximate surface area is 174 Å². The summed E-state index contributed by atoms with van der Waals surface area (Å²) in [5.41, 5.74) is 1.89. The van der Waals surface area contributed by atoms with Crippen LogP contribution in [0.15, 0.2) is 53.0 Å². The van der Waals surface area contributed by atoms with Crippen molar-refractivity contribution in [2.75, 3.05) is 14.2 Å². The van der Waals surface area contributed by atoms with Crippen LogP contribution in [0.4, 0.5) is 0 Å². The van der Waals surface area contributed by atoms with Gasteiger partial charge in [0.15, 0.2) is 0 Å². The highest BCUT2D eigenvalue weighted by atomic mass is 79.9. The fraction of sp³-hybridized carbons (Fsp3) is 0.364. The first-order chi connectivity index (χ1) is 13.3. The molecule has 148 valence electrons. The van der Waals surface area contributed by atoms with Crippen molar-refractivity contribution in [3.05, 3.63) is 64.1 Å². The summed E-state index contributed by atoms with van der Waals surface area (Å²) >= 11 is 3.52. The van der Waals surface area contributed by atoms with Gasteiger partial charge in [0, 0.05) is 23.6 Å². The van der Waals surface area contributed by atoms with Gasteiger partial charge in [-0.2, -0.15) is 0 Å². The van der Waals surface area contributed by atoms with Gasteiger partial charge >= 0.3 is 0 Å². The van der Waals surface area contributed by atoms with Gasteiger partial charge in [0.1, 0.15) is 5.75 Å². The lowest BCUT2D eigenvalue weighted by atomic mass is 9.85. The summed E-state index contributed by atoms with van der Waals surface area (Å²) < 4.78 is 6.29. The zero-order valence-electron chi connectivity index (χ0n) is 16.5. The Balaban J connectivity index is 1.83. The Morgan fingerprint density at radius 1 is 1.18 bits per heavy atom. The number of guanidine groups is 1. The monoisotopic (exact) mass is 443 g/mol. The van der Waals surface area contributed by atoms with E-state index in [-0.39, 0.29) is 11.9 Å². The minimum atomic E-state index is -0.414. The number of methoxy groups -OCH3 is 1. The largest absolute Gasteiger partial charge is 0.497 e.